The molecule has 4 heteroatoms. The van der Waals surface area contributed by atoms with Gasteiger partial charge < -0.3 is 15.8 Å². The van der Waals surface area contributed by atoms with E-state index in [9.17, 15) is 4.79 Å². The van der Waals surface area contributed by atoms with Crippen LogP contribution in [0.25, 0.3) is 0 Å². The molecule has 1 heterocycles. The van der Waals surface area contributed by atoms with Crippen LogP contribution in [0.3, 0.4) is 0 Å². The Morgan fingerprint density at radius 2 is 1.84 bits per heavy atom. The summed E-state index contributed by atoms with van der Waals surface area (Å²) < 4.78 is 5.42. The molecule has 4 nitrogen and oxygen atoms in total. The van der Waals surface area contributed by atoms with E-state index < -0.39 is 0 Å². The molecular formula is C15H26N2O2. The van der Waals surface area contributed by atoms with Gasteiger partial charge in [0.05, 0.1) is 12.5 Å². The Morgan fingerprint density at radius 3 is 2.47 bits per heavy atom. The minimum Gasteiger partial charge on any atom is -0.381 e. The molecule has 2 bridgehead atoms. The summed E-state index contributed by atoms with van der Waals surface area (Å²) in [7, 11) is 0. The highest BCUT2D eigenvalue weighted by Crippen LogP contribution is 2.39. The number of ether oxygens (including phenoxy) is 1. The number of nitrogens with two attached hydrogens (primary N) is 1. The van der Waals surface area contributed by atoms with Crippen molar-refractivity contribution in [3.05, 3.63) is 0 Å². The molecule has 2 aliphatic carbocycles. The molecule has 0 aromatic carbocycles. The average molecular weight is 266 g/mol. The zero-order chi connectivity index (χ0) is 13.2. The predicted octanol–water partition coefficient (Wildman–Crippen LogP) is 1.44. The fourth-order valence-electron chi connectivity index (χ4n) is 4.25. The van der Waals surface area contributed by atoms with Crippen LogP contribution in [0.1, 0.15) is 44.9 Å². The standard InChI is InChI=1S/C15H26N2O2/c16-13-7-10-3-1-4-11(8-13)14(10)17-15(18)12-5-2-6-19-9-12/h10-14H,1-9,16H2,(H,17,18). The lowest BCUT2D eigenvalue weighted by Crippen LogP contribution is -2.55. The Labute approximate surface area is 115 Å². The van der Waals surface area contributed by atoms with E-state index in [0.29, 0.717) is 30.5 Å². The first-order chi connectivity index (χ1) is 9.24. The van der Waals surface area contributed by atoms with E-state index >= 15 is 0 Å². The van der Waals surface area contributed by atoms with Crippen molar-refractivity contribution in [2.45, 2.75) is 57.0 Å². The fourth-order valence-corrected chi connectivity index (χ4v) is 4.25. The van der Waals surface area contributed by atoms with E-state index in [1.54, 1.807) is 0 Å². The molecule has 2 saturated carbocycles. The van der Waals surface area contributed by atoms with Gasteiger partial charge in [0.1, 0.15) is 0 Å². The lowest BCUT2D eigenvalue weighted by Gasteiger charge is -2.45. The Balaban J connectivity index is 1.60. The van der Waals surface area contributed by atoms with Gasteiger partial charge in [-0.1, -0.05) is 6.42 Å². The van der Waals surface area contributed by atoms with Crippen LogP contribution in [-0.2, 0) is 9.53 Å². The molecule has 0 aromatic rings. The number of rotatable bonds is 2. The number of hydrogen-bond acceptors (Lipinski definition) is 3. The monoisotopic (exact) mass is 266 g/mol. The van der Waals surface area contributed by atoms with Crippen LogP contribution in [0.5, 0.6) is 0 Å². The minimum absolute atomic E-state index is 0.0741. The van der Waals surface area contributed by atoms with Gasteiger partial charge in [-0.3, -0.25) is 4.79 Å². The van der Waals surface area contributed by atoms with Gasteiger partial charge in [0.2, 0.25) is 5.91 Å². The Kier molecular flexibility index (Phi) is 4.08. The molecule has 3 rings (SSSR count). The third-order valence-corrected chi connectivity index (χ3v) is 5.22. The number of carbonyl (C=O) groups excluding carboxylic acids is 1. The maximum atomic E-state index is 12.4. The van der Waals surface area contributed by atoms with Crippen molar-refractivity contribution in [3.63, 3.8) is 0 Å². The van der Waals surface area contributed by atoms with E-state index in [2.05, 4.69) is 5.32 Å². The first-order valence-electron chi connectivity index (χ1n) is 7.87. The molecule has 108 valence electrons. The fraction of sp³-hybridized carbons (Fsp3) is 0.933. The molecule has 3 atom stereocenters. The summed E-state index contributed by atoms with van der Waals surface area (Å²) in [6.45, 7) is 1.42. The van der Waals surface area contributed by atoms with Gasteiger partial charge >= 0.3 is 0 Å². The number of nitrogens with one attached hydrogen (secondary N) is 1. The maximum Gasteiger partial charge on any atom is 0.225 e. The van der Waals surface area contributed by atoms with Crippen LogP contribution in [-0.4, -0.2) is 31.2 Å². The molecule has 0 aromatic heterocycles. The van der Waals surface area contributed by atoms with Crippen LogP contribution >= 0.6 is 0 Å². The largest absolute Gasteiger partial charge is 0.381 e. The van der Waals surface area contributed by atoms with Crippen LogP contribution in [0.2, 0.25) is 0 Å². The van der Waals surface area contributed by atoms with Crippen LogP contribution < -0.4 is 11.1 Å². The van der Waals surface area contributed by atoms with E-state index in [4.69, 9.17) is 10.5 Å². The van der Waals surface area contributed by atoms with E-state index in [0.717, 1.165) is 32.3 Å². The summed E-state index contributed by atoms with van der Waals surface area (Å²) in [5.74, 6) is 1.51. The maximum absolute atomic E-state index is 12.4. The zero-order valence-electron chi connectivity index (χ0n) is 11.6. The summed E-state index contributed by atoms with van der Waals surface area (Å²) in [6, 6.07) is 0.726. The highest BCUT2D eigenvalue weighted by atomic mass is 16.5. The number of carbonyl (C=O) groups is 1. The van der Waals surface area contributed by atoms with Crippen molar-refractivity contribution in [2.75, 3.05) is 13.2 Å². The smallest absolute Gasteiger partial charge is 0.225 e. The number of amides is 1. The summed E-state index contributed by atoms with van der Waals surface area (Å²) in [5, 5.41) is 3.34. The quantitative estimate of drug-likeness (QED) is 0.795. The molecule has 3 fully saturated rings. The van der Waals surface area contributed by atoms with Gasteiger partial charge in [-0.15, -0.1) is 0 Å². The van der Waals surface area contributed by atoms with Gasteiger partial charge in [0, 0.05) is 18.7 Å². The van der Waals surface area contributed by atoms with Gasteiger partial charge in [0.15, 0.2) is 0 Å². The van der Waals surface area contributed by atoms with Gasteiger partial charge in [-0.05, 0) is 50.4 Å². The second kappa shape index (κ2) is 5.80. The van der Waals surface area contributed by atoms with Crippen LogP contribution in [0.4, 0.5) is 0 Å². The molecule has 1 saturated heterocycles. The third kappa shape index (κ3) is 2.95. The third-order valence-electron chi connectivity index (χ3n) is 5.22. The van der Waals surface area contributed by atoms with Gasteiger partial charge in [-0.25, -0.2) is 0 Å². The second-order valence-electron chi connectivity index (χ2n) is 6.63. The summed E-state index contributed by atoms with van der Waals surface area (Å²) in [5.41, 5.74) is 6.13. The summed E-state index contributed by atoms with van der Waals surface area (Å²) in [4.78, 5) is 12.4. The predicted molar refractivity (Wildman–Crippen MR) is 73.5 cm³/mol. The molecular weight excluding hydrogens is 240 g/mol. The highest BCUT2D eigenvalue weighted by Gasteiger charge is 2.40. The molecule has 1 aliphatic heterocycles. The molecule has 1 amide bonds. The Morgan fingerprint density at radius 1 is 1.11 bits per heavy atom. The Hall–Kier alpha value is -0.610. The molecule has 0 radical (unpaired) electrons. The van der Waals surface area contributed by atoms with E-state index in [1.165, 1.54) is 19.3 Å². The molecule has 3 N–H and O–H groups in total. The van der Waals surface area contributed by atoms with Crippen LogP contribution in [0.15, 0.2) is 0 Å². The minimum atomic E-state index is 0.0741. The molecule has 3 unspecified atom stereocenters. The summed E-state index contributed by atoms with van der Waals surface area (Å²) in [6.07, 6.45) is 7.94. The van der Waals surface area contributed by atoms with Crippen molar-refractivity contribution in [3.8, 4) is 0 Å². The first-order valence-corrected chi connectivity index (χ1v) is 7.87. The van der Waals surface area contributed by atoms with Crippen molar-refractivity contribution >= 4 is 5.91 Å². The van der Waals surface area contributed by atoms with Crippen molar-refractivity contribution in [2.24, 2.45) is 23.5 Å². The zero-order valence-corrected chi connectivity index (χ0v) is 11.6. The lowest BCUT2D eigenvalue weighted by molar-refractivity contribution is -0.131. The molecule has 19 heavy (non-hydrogen) atoms. The first kappa shape index (κ1) is 13.4. The van der Waals surface area contributed by atoms with Crippen molar-refractivity contribution in [1.29, 1.82) is 0 Å². The van der Waals surface area contributed by atoms with E-state index in [-0.39, 0.29) is 11.8 Å². The topological polar surface area (TPSA) is 64.3 Å². The number of hydrogen-bond donors (Lipinski definition) is 2. The Bertz CT molecular complexity index is 314. The van der Waals surface area contributed by atoms with Crippen molar-refractivity contribution in [1.82, 2.24) is 5.32 Å². The SMILES string of the molecule is NC1CC2CCCC(C1)C2NC(=O)C1CCCOC1. The number of fused-ring (bicyclic) bond motifs is 2. The van der Waals surface area contributed by atoms with E-state index in [1.807, 2.05) is 0 Å². The van der Waals surface area contributed by atoms with Crippen LogP contribution in [0, 0.1) is 17.8 Å². The van der Waals surface area contributed by atoms with Gasteiger partial charge in [-0.2, -0.15) is 0 Å². The summed E-state index contributed by atoms with van der Waals surface area (Å²) >= 11 is 0. The average Bonchev–Trinajstić information content (AvgIpc) is 2.41. The van der Waals surface area contributed by atoms with Crippen molar-refractivity contribution < 1.29 is 9.53 Å². The molecule has 0 spiro atoms. The van der Waals surface area contributed by atoms with Gasteiger partial charge in [0.25, 0.3) is 0 Å². The second-order valence-corrected chi connectivity index (χ2v) is 6.63. The molecule has 3 aliphatic rings. The highest BCUT2D eigenvalue weighted by molar-refractivity contribution is 5.79. The normalized spacial score (nSPS) is 42.7. The lowest BCUT2D eigenvalue weighted by atomic mass is 9.67.